The third-order valence-corrected chi connectivity index (χ3v) is 11.3. The van der Waals surface area contributed by atoms with Gasteiger partial charge in [0.15, 0.2) is 5.82 Å². The SMILES string of the molecule is Cc1ccc2c(-c3c(F)cc4c(N5C[C@H]6CC[C@@](C)(C6)C5)nc(OC[C@@]56C[C@@H]5CCC6N(C)C)nc4c3F)cccc2c1. The highest BCUT2D eigenvalue weighted by molar-refractivity contribution is 6.01. The lowest BCUT2D eigenvalue weighted by Crippen LogP contribution is -2.42. The van der Waals surface area contributed by atoms with Crippen molar-refractivity contribution in [1.82, 2.24) is 14.9 Å². The van der Waals surface area contributed by atoms with E-state index in [0.717, 1.165) is 35.8 Å². The largest absolute Gasteiger partial charge is 0.463 e. The fraction of sp³-hybridized carbons (Fsp3) is 0.500. The third kappa shape index (κ3) is 4.33. The van der Waals surface area contributed by atoms with Crippen LogP contribution in [0.5, 0.6) is 6.01 Å². The first kappa shape index (κ1) is 27.2. The molecule has 1 aromatic heterocycles. The maximum Gasteiger partial charge on any atom is 0.319 e. The summed E-state index contributed by atoms with van der Waals surface area (Å²) in [5.74, 6) is 0.562. The summed E-state index contributed by atoms with van der Waals surface area (Å²) in [6, 6.07) is 13.7. The molecule has 4 fully saturated rings. The van der Waals surface area contributed by atoms with E-state index in [0.29, 0.717) is 41.3 Å². The van der Waals surface area contributed by atoms with Crippen LogP contribution in [0, 0.1) is 41.2 Å². The summed E-state index contributed by atoms with van der Waals surface area (Å²) in [6.07, 6.45) is 7.07. The van der Waals surface area contributed by atoms with Crippen molar-refractivity contribution < 1.29 is 13.5 Å². The lowest BCUT2D eigenvalue weighted by Gasteiger charge is -2.39. The van der Waals surface area contributed by atoms with Gasteiger partial charge in [-0.2, -0.15) is 9.97 Å². The van der Waals surface area contributed by atoms with Crippen LogP contribution in [-0.2, 0) is 0 Å². The van der Waals surface area contributed by atoms with Crippen molar-refractivity contribution in [2.24, 2.45) is 22.7 Å². The quantitative estimate of drug-likeness (QED) is 0.232. The zero-order valence-corrected chi connectivity index (χ0v) is 25.6. The molecule has 224 valence electrons. The molecule has 4 aliphatic rings. The monoisotopic (exact) mass is 582 g/mol. The molecule has 1 unspecified atom stereocenters. The molecule has 3 aromatic carbocycles. The van der Waals surface area contributed by atoms with Gasteiger partial charge in [0.05, 0.1) is 12.2 Å². The van der Waals surface area contributed by atoms with Crippen molar-refractivity contribution in [3.8, 4) is 17.1 Å². The Labute approximate surface area is 252 Å². The molecule has 2 heterocycles. The zero-order chi connectivity index (χ0) is 29.7. The van der Waals surface area contributed by atoms with E-state index in [1.165, 1.54) is 38.2 Å². The van der Waals surface area contributed by atoms with Crippen LogP contribution in [0.4, 0.5) is 14.6 Å². The number of piperidine rings is 1. The topological polar surface area (TPSA) is 41.5 Å². The second kappa shape index (κ2) is 9.59. The molecule has 3 aliphatic carbocycles. The number of hydrogen-bond donors (Lipinski definition) is 0. The molecule has 1 aliphatic heterocycles. The van der Waals surface area contributed by atoms with Crippen molar-refractivity contribution >= 4 is 27.5 Å². The van der Waals surface area contributed by atoms with Crippen LogP contribution in [0.15, 0.2) is 42.5 Å². The molecule has 7 heteroatoms. The number of nitrogens with zero attached hydrogens (tertiary/aromatic N) is 4. The molecule has 1 saturated heterocycles. The molecule has 8 rings (SSSR count). The fourth-order valence-corrected chi connectivity index (χ4v) is 9.17. The lowest BCUT2D eigenvalue weighted by atomic mass is 9.84. The molecular formula is C36H40F2N4O. The molecule has 2 bridgehead atoms. The van der Waals surface area contributed by atoms with E-state index in [2.05, 4.69) is 35.8 Å². The minimum absolute atomic E-state index is 0.0486. The van der Waals surface area contributed by atoms with Gasteiger partial charge < -0.3 is 14.5 Å². The number of aromatic nitrogens is 2. The van der Waals surface area contributed by atoms with Crippen molar-refractivity contribution in [3.63, 3.8) is 0 Å². The summed E-state index contributed by atoms with van der Waals surface area (Å²) >= 11 is 0. The summed E-state index contributed by atoms with van der Waals surface area (Å²) < 4.78 is 39.3. The van der Waals surface area contributed by atoms with Crippen LogP contribution in [0.3, 0.4) is 0 Å². The first-order valence-electron chi connectivity index (χ1n) is 15.9. The van der Waals surface area contributed by atoms with Crippen molar-refractivity contribution in [3.05, 3.63) is 59.7 Å². The number of ether oxygens (including phenoxy) is 1. The Balaban J connectivity index is 1.26. The van der Waals surface area contributed by atoms with Gasteiger partial charge in [-0.25, -0.2) is 8.78 Å². The molecule has 0 spiro atoms. The van der Waals surface area contributed by atoms with Gasteiger partial charge in [-0.3, -0.25) is 0 Å². The highest BCUT2D eigenvalue weighted by Crippen LogP contribution is 2.64. The summed E-state index contributed by atoms with van der Waals surface area (Å²) in [5, 5.41) is 2.18. The summed E-state index contributed by atoms with van der Waals surface area (Å²) in [4.78, 5) is 14.2. The van der Waals surface area contributed by atoms with E-state index in [1.807, 2.05) is 37.3 Å². The highest BCUT2D eigenvalue weighted by Gasteiger charge is 2.64. The predicted octanol–water partition coefficient (Wildman–Crippen LogP) is 7.77. The Hall–Kier alpha value is -3.32. The van der Waals surface area contributed by atoms with Gasteiger partial charge in [0.25, 0.3) is 0 Å². The molecule has 43 heavy (non-hydrogen) atoms. The van der Waals surface area contributed by atoms with Crippen LogP contribution in [0.25, 0.3) is 32.8 Å². The maximum atomic E-state index is 16.8. The highest BCUT2D eigenvalue weighted by atomic mass is 19.1. The number of anilines is 1. The molecule has 4 aromatic rings. The Bertz CT molecular complexity index is 1770. The van der Waals surface area contributed by atoms with E-state index in [4.69, 9.17) is 9.72 Å². The van der Waals surface area contributed by atoms with Gasteiger partial charge in [0.2, 0.25) is 0 Å². The predicted molar refractivity (Wildman–Crippen MR) is 168 cm³/mol. The average molecular weight is 583 g/mol. The Morgan fingerprint density at radius 3 is 2.67 bits per heavy atom. The lowest BCUT2D eigenvalue weighted by molar-refractivity contribution is 0.131. The Kier molecular flexibility index (Phi) is 6.08. The average Bonchev–Trinajstić information content (AvgIpc) is 3.44. The Morgan fingerprint density at radius 2 is 1.88 bits per heavy atom. The zero-order valence-electron chi connectivity index (χ0n) is 25.6. The van der Waals surface area contributed by atoms with Gasteiger partial charge in [0.1, 0.15) is 17.2 Å². The summed E-state index contributed by atoms with van der Waals surface area (Å²) in [6.45, 7) is 6.52. The normalized spacial score (nSPS) is 29.6. The van der Waals surface area contributed by atoms with E-state index in [9.17, 15) is 0 Å². The molecule has 3 saturated carbocycles. The van der Waals surface area contributed by atoms with Crippen LogP contribution in [0.2, 0.25) is 0 Å². The van der Waals surface area contributed by atoms with Gasteiger partial charge >= 0.3 is 6.01 Å². The van der Waals surface area contributed by atoms with Crippen molar-refractivity contribution in [2.75, 3.05) is 38.7 Å². The van der Waals surface area contributed by atoms with Crippen molar-refractivity contribution in [1.29, 1.82) is 0 Å². The molecule has 0 radical (unpaired) electrons. The Morgan fingerprint density at radius 1 is 1.02 bits per heavy atom. The number of aryl methyl sites for hydroxylation is 1. The first-order chi connectivity index (χ1) is 20.6. The van der Waals surface area contributed by atoms with Crippen LogP contribution >= 0.6 is 0 Å². The minimum Gasteiger partial charge on any atom is -0.463 e. The summed E-state index contributed by atoms with van der Waals surface area (Å²) in [7, 11) is 4.28. The molecule has 5 nitrogen and oxygen atoms in total. The van der Waals surface area contributed by atoms with E-state index in [1.54, 1.807) is 6.07 Å². The molecule has 0 amide bonds. The molecule has 0 N–H and O–H groups in total. The summed E-state index contributed by atoms with van der Waals surface area (Å²) in [5.41, 5.74) is 2.00. The van der Waals surface area contributed by atoms with Gasteiger partial charge in [-0.15, -0.1) is 0 Å². The number of halogens is 2. The van der Waals surface area contributed by atoms with Gasteiger partial charge in [0, 0.05) is 29.9 Å². The van der Waals surface area contributed by atoms with E-state index >= 15 is 8.78 Å². The van der Waals surface area contributed by atoms with Gasteiger partial charge in [-0.05, 0) is 99.2 Å². The number of benzene rings is 3. The maximum absolute atomic E-state index is 16.8. The van der Waals surface area contributed by atoms with Crippen LogP contribution in [0.1, 0.15) is 51.0 Å². The second-order valence-corrected chi connectivity index (χ2v) is 14.6. The number of fused-ring (bicyclic) bond motifs is 5. The van der Waals surface area contributed by atoms with Gasteiger partial charge in [-0.1, -0.05) is 48.9 Å². The third-order valence-electron chi connectivity index (χ3n) is 11.3. The van der Waals surface area contributed by atoms with E-state index in [-0.39, 0.29) is 27.9 Å². The second-order valence-electron chi connectivity index (χ2n) is 14.6. The van der Waals surface area contributed by atoms with E-state index < -0.39 is 11.6 Å². The number of rotatable bonds is 6. The standard InChI is InChI=1S/C36H40F2N4O/c1-21-8-10-25-23(14-21)6-5-7-26(25)30-28(37)15-27-32(31(30)38)39-34(43-20-36-17-24(36)9-11-29(36)41(3)4)40-33(27)42-18-22-12-13-35(2,16-22)19-42/h5-8,10,14-15,22,24,29H,9,11-13,16-20H2,1-4H3/t22-,24-,29?,35-,36-/m0/s1. The van der Waals surface area contributed by atoms with Crippen LogP contribution in [-0.4, -0.2) is 54.7 Å². The molecular weight excluding hydrogens is 542 g/mol. The molecule has 5 atom stereocenters. The van der Waals surface area contributed by atoms with Crippen molar-refractivity contribution in [2.45, 2.75) is 58.4 Å². The number of hydrogen-bond acceptors (Lipinski definition) is 5. The van der Waals surface area contributed by atoms with Crippen LogP contribution < -0.4 is 9.64 Å². The smallest absolute Gasteiger partial charge is 0.319 e. The first-order valence-corrected chi connectivity index (χ1v) is 15.9. The minimum atomic E-state index is -0.655. The fourth-order valence-electron chi connectivity index (χ4n) is 9.17.